The molecule has 10 nitrogen and oxygen atoms in total. The van der Waals surface area contributed by atoms with Crippen molar-refractivity contribution in [1.82, 2.24) is 10.3 Å². The van der Waals surface area contributed by atoms with Crippen molar-refractivity contribution < 1.29 is 36.0 Å². The van der Waals surface area contributed by atoms with Gasteiger partial charge in [-0.25, -0.2) is 26.6 Å². The predicted octanol–water partition coefficient (Wildman–Crippen LogP) is 4.33. The second-order valence-corrected chi connectivity index (χ2v) is 13.3. The van der Waals surface area contributed by atoms with Crippen LogP contribution in [0, 0.1) is 17.1 Å². The zero-order valence-corrected chi connectivity index (χ0v) is 25.2. The third-order valence-electron chi connectivity index (χ3n) is 7.56. The van der Waals surface area contributed by atoms with Gasteiger partial charge in [-0.05, 0) is 42.8 Å². The number of rotatable bonds is 8. The number of anilines is 2. The highest BCUT2D eigenvalue weighted by atomic mass is 35.5. The molecular formula is C30H25ClF3N5O5S. The molecule has 2 atom stereocenters. The van der Waals surface area contributed by atoms with Crippen molar-refractivity contribution in [3.8, 4) is 6.07 Å². The van der Waals surface area contributed by atoms with Crippen LogP contribution in [0.15, 0.2) is 65.7 Å². The highest BCUT2D eigenvalue weighted by molar-refractivity contribution is 7.90. The van der Waals surface area contributed by atoms with Gasteiger partial charge in [-0.1, -0.05) is 29.8 Å². The number of pyridine rings is 1. The second kappa shape index (κ2) is 12.1. The van der Waals surface area contributed by atoms with E-state index >= 15 is 4.39 Å². The number of sulfone groups is 1. The van der Waals surface area contributed by atoms with E-state index in [0.29, 0.717) is 0 Å². The number of hydrogen-bond donors (Lipinski definition) is 1. The van der Waals surface area contributed by atoms with E-state index in [1.807, 2.05) is 6.07 Å². The summed E-state index contributed by atoms with van der Waals surface area (Å²) in [5.41, 5.74) is -0.185. The highest BCUT2D eigenvalue weighted by Gasteiger charge is 2.48. The molecule has 45 heavy (non-hydrogen) atoms. The Morgan fingerprint density at radius 2 is 1.89 bits per heavy atom. The van der Waals surface area contributed by atoms with Gasteiger partial charge in [0.2, 0.25) is 11.8 Å². The maximum Gasteiger partial charge on any atom is 0.252 e. The van der Waals surface area contributed by atoms with Gasteiger partial charge in [0.25, 0.3) is 11.8 Å². The molecule has 2 fully saturated rings. The Bertz CT molecular complexity index is 1840. The van der Waals surface area contributed by atoms with Gasteiger partial charge in [0.15, 0.2) is 9.84 Å². The second-order valence-electron chi connectivity index (χ2n) is 10.9. The monoisotopic (exact) mass is 659 g/mol. The van der Waals surface area contributed by atoms with E-state index in [-0.39, 0.29) is 40.5 Å². The number of nitrogens with one attached hydrogen (secondary N) is 1. The molecule has 1 N–H and O–H groups in total. The first-order valence-electron chi connectivity index (χ1n) is 13.6. The predicted molar refractivity (Wildman–Crippen MR) is 157 cm³/mol. The number of carbonyl (C=O) groups is 3. The van der Waals surface area contributed by atoms with Gasteiger partial charge < -0.3 is 5.32 Å². The lowest BCUT2D eigenvalue weighted by Gasteiger charge is -2.39. The first-order chi connectivity index (χ1) is 21.2. The summed E-state index contributed by atoms with van der Waals surface area (Å²) in [6, 6.07) is 9.10. The van der Waals surface area contributed by atoms with Crippen molar-refractivity contribution in [3.05, 3.63) is 82.8 Å². The van der Waals surface area contributed by atoms with Crippen molar-refractivity contribution in [2.75, 3.05) is 16.1 Å². The van der Waals surface area contributed by atoms with Crippen molar-refractivity contribution in [2.24, 2.45) is 0 Å². The number of alkyl halides is 2. The molecule has 3 amide bonds. The summed E-state index contributed by atoms with van der Waals surface area (Å²) in [4.78, 5) is 47.2. The van der Waals surface area contributed by atoms with E-state index in [1.165, 1.54) is 36.5 Å². The molecule has 1 saturated carbocycles. The van der Waals surface area contributed by atoms with Crippen molar-refractivity contribution in [2.45, 2.75) is 54.6 Å². The Hall–Kier alpha value is -4.48. The average Bonchev–Trinajstić information content (AvgIpc) is 3.35. The fourth-order valence-corrected chi connectivity index (χ4v) is 6.33. The maximum atomic E-state index is 15.0. The maximum absolute atomic E-state index is 15.0. The number of nitriles is 1. The lowest BCUT2D eigenvalue weighted by Crippen LogP contribution is -2.56. The quantitative estimate of drug-likeness (QED) is 0.380. The van der Waals surface area contributed by atoms with Crippen LogP contribution in [0.25, 0.3) is 0 Å². The first-order valence-corrected chi connectivity index (χ1v) is 15.9. The molecule has 0 radical (unpaired) electrons. The van der Waals surface area contributed by atoms with Crippen LogP contribution < -0.4 is 15.1 Å². The third kappa shape index (κ3) is 6.64. The lowest BCUT2D eigenvalue weighted by molar-refractivity contribution is -0.133. The summed E-state index contributed by atoms with van der Waals surface area (Å²) in [6.45, 7) is 0. The molecule has 3 aromatic rings. The molecule has 5 rings (SSSR count). The third-order valence-corrected chi connectivity index (χ3v) is 9.00. The molecule has 2 aromatic carbocycles. The average molecular weight is 660 g/mol. The van der Waals surface area contributed by atoms with E-state index < -0.39 is 75.2 Å². The van der Waals surface area contributed by atoms with Gasteiger partial charge >= 0.3 is 0 Å². The van der Waals surface area contributed by atoms with E-state index in [4.69, 9.17) is 11.6 Å². The molecule has 1 saturated heterocycles. The van der Waals surface area contributed by atoms with Crippen LogP contribution in [-0.2, 0) is 24.2 Å². The van der Waals surface area contributed by atoms with Gasteiger partial charge in [-0.15, -0.1) is 0 Å². The highest BCUT2D eigenvalue weighted by Crippen LogP contribution is 2.40. The van der Waals surface area contributed by atoms with Gasteiger partial charge in [-0.3, -0.25) is 24.2 Å². The van der Waals surface area contributed by atoms with Crippen molar-refractivity contribution in [3.63, 3.8) is 0 Å². The summed E-state index contributed by atoms with van der Waals surface area (Å²) in [7, 11) is -4.03. The zero-order chi connectivity index (χ0) is 32.7. The number of aromatic nitrogens is 1. The lowest BCUT2D eigenvalue weighted by atomic mass is 9.87. The summed E-state index contributed by atoms with van der Waals surface area (Å²) in [5, 5.41) is 11.9. The van der Waals surface area contributed by atoms with E-state index in [0.717, 1.165) is 34.3 Å². The molecule has 1 aromatic heterocycles. The van der Waals surface area contributed by atoms with E-state index in [2.05, 4.69) is 10.3 Å². The fraction of sp³-hybridized carbons (Fsp3) is 0.300. The van der Waals surface area contributed by atoms with Crippen molar-refractivity contribution in [1.29, 1.82) is 5.26 Å². The van der Waals surface area contributed by atoms with Crippen molar-refractivity contribution >= 4 is 50.7 Å². The Balaban J connectivity index is 1.69. The minimum absolute atomic E-state index is 0.00290. The van der Waals surface area contributed by atoms with Crippen LogP contribution in [0.5, 0.6) is 0 Å². The van der Waals surface area contributed by atoms with E-state index in [1.54, 1.807) is 6.07 Å². The standard InChI is InChI=1S/C30H25ClF3N5O5S/c1-45(43,44)21-12-18(32)11-20(13-21)38(29(42)24-6-7-26(40)39(24)25-10-17(16-35)8-9-36-25)27(22-4-2-3-5-23(22)31)28(41)37-19-14-30(33,34)15-19/h2-5,8-13,19,24,27H,6-7,14-15H2,1H3,(H,37,41)/t24-,27-/m0/s1. The molecule has 234 valence electrons. The molecule has 0 spiro atoms. The minimum atomic E-state index is -4.03. The van der Waals surface area contributed by atoms with Crippen LogP contribution in [0.3, 0.4) is 0 Å². The molecule has 2 heterocycles. The number of carbonyl (C=O) groups excluding carboxylic acids is 3. The summed E-state index contributed by atoms with van der Waals surface area (Å²) < 4.78 is 67.3. The Morgan fingerprint density at radius 1 is 1.18 bits per heavy atom. The van der Waals surface area contributed by atoms with Gasteiger partial charge in [0.1, 0.15) is 23.7 Å². The van der Waals surface area contributed by atoms with E-state index in [9.17, 15) is 36.8 Å². The van der Waals surface area contributed by atoms with Crippen LogP contribution in [0.4, 0.5) is 24.7 Å². The molecule has 0 bridgehead atoms. The Kier molecular flexibility index (Phi) is 8.61. The fourth-order valence-electron chi connectivity index (χ4n) is 5.43. The van der Waals surface area contributed by atoms with Crippen LogP contribution in [0.2, 0.25) is 5.02 Å². The summed E-state index contributed by atoms with van der Waals surface area (Å²) in [6.07, 6.45) is 0.612. The number of hydrogen-bond acceptors (Lipinski definition) is 7. The number of halogens is 4. The van der Waals surface area contributed by atoms with Gasteiger partial charge in [-0.2, -0.15) is 5.26 Å². The Labute approximate surface area is 261 Å². The smallest absolute Gasteiger partial charge is 0.252 e. The number of benzene rings is 2. The van der Waals surface area contributed by atoms with Gasteiger partial charge in [0, 0.05) is 54.0 Å². The molecule has 2 aliphatic rings. The number of amides is 3. The summed E-state index contributed by atoms with van der Waals surface area (Å²) >= 11 is 6.49. The molecule has 1 aliphatic carbocycles. The topological polar surface area (TPSA) is 141 Å². The van der Waals surface area contributed by atoms with Gasteiger partial charge in [0.05, 0.1) is 16.5 Å². The Morgan fingerprint density at radius 3 is 2.53 bits per heavy atom. The molecular weight excluding hydrogens is 635 g/mol. The van der Waals surface area contributed by atoms with Crippen LogP contribution in [0.1, 0.15) is 42.9 Å². The normalized spacial score (nSPS) is 18.5. The molecule has 1 aliphatic heterocycles. The largest absolute Gasteiger partial charge is 0.351 e. The molecule has 15 heteroatoms. The summed E-state index contributed by atoms with van der Waals surface area (Å²) in [5.74, 6) is -6.47. The molecule has 0 unspecified atom stereocenters. The number of nitrogens with zero attached hydrogens (tertiary/aromatic N) is 4. The van der Waals surface area contributed by atoms with Crippen LogP contribution >= 0.6 is 11.6 Å². The van der Waals surface area contributed by atoms with Crippen LogP contribution in [-0.4, -0.2) is 55.4 Å². The zero-order valence-electron chi connectivity index (χ0n) is 23.6. The first kappa shape index (κ1) is 31.9. The minimum Gasteiger partial charge on any atom is -0.351 e. The SMILES string of the molecule is CS(=O)(=O)c1cc(F)cc(N(C(=O)[C@@H]2CCC(=O)N2c2cc(C#N)ccn2)[C@H](C(=O)NC2CC(F)(F)C2)c2ccccc2Cl)c1.